The van der Waals surface area contributed by atoms with E-state index < -0.39 is 5.60 Å². The lowest BCUT2D eigenvalue weighted by Gasteiger charge is -2.24. The van der Waals surface area contributed by atoms with Crippen molar-refractivity contribution in [1.82, 2.24) is 5.32 Å². The van der Waals surface area contributed by atoms with Gasteiger partial charge in [-0.2, -0.15) is 0 Å². The van der Waals surface area contributed by atoms with Gasteiger partial charge >= 0.3 is 0 Å². The van der Waals surface area contributed by atoms with E-state index in [0.29, 0.717) is 19.4 Å². The third kappa shape index (κ3) is 3.16. The molecule has 104 valence electrons. The lowest BCUT2D eigenvalue weighted by Crippen LogP contribution is -2.45. The SMILES string of the molecule is CCC(CC)C(=O)NCC1(O)Cc2ccccc2C1. The van der Waals surface area contributed by atoms with Crippen LogP contribution in [0.5, 0.6) is 0 Å². The first-order chi connectivity index (χ1) is 9.08. The summed E-state index contributed by atoms with van der Waals surface area (Å²) >= 11 is 0. The highest BCUT2D eigenvalue weighted by atomic mass is 16.3. The van der Waals surface area contributed by atoms with E-state index in [1.165, 1.54) is 11.1 Å². The molecule has 1 aliphatic carbocycles. The number of hydrogen-bond acceptors (Lipinski definition) is 2. The monoisotopic (exact) mass is 261 g/mol. The van der Waals surface area contributed by atoms with E-state index >= 15 is 0 Å². The van der Waals surface area contributed by atoms with Gasteiger partial charge in [0.2, 0.25) is 5.91 Å². The van der Waals surface area contributed by atoms with Crippen molar-refractivity contribution in [3.8, 4) is 0 Å². The number of benzene rings is 1. The number of carbonyl (C=O) groups excluding carboxylic acids is 1. The average Bonchev–Trinajstić information content (AvgIpc) is 2.74. The van der Waals surface area contributed by atoms with Crippen LogP contribution >= 0.6 is 0 Å². The zero-order chi connectivity index (χ0) is 13.9. The highest BCUT2D eigenvalue weighted by molar-refractivity contribution is 5.78. The molecule has 0 atom stereocenters. The van der Waals surface area contributed by atoms with Crippen LogP contribution in [0.1, 0.15) is 37.8 Å². The van der Waals surface area contributed by atoms with Gasteiger partial charge in [0.25, 0.3) is 0 Å². The number of hydrogen-bond donors (Lipinski definition) is 2. The largest absolute Gasteiger partial charge is 0.387 e. The summed E-state index contributed by atoms with van der Waals surface area (Å²) in [4.78, 5) is 12.0. The molecule has 1 amide bonds. The van der Waals surface area contributed by atoms with Crippen molar-refractivity contribution in [2.45, 2.75) is 45.1 Å². The molecule has 0 fully saturated rings. The first-order valence-electron chi connectivity index (χ1n) is 7.15. The van der Waals surface area contributed by atoms with Gasteiger partial charge in [0.15, 0.2) is 0 Å². The van der Waals surface area contributed by atoms with Gasteiger partial charge in [0.05, 0.1) is 5.60 Å². The van der Waals surface area contributed by atoms with Crippen molar-refractivity contribution in [3.63, 3.8) is 0 Å². The van der Waals surface area contributed by atoms with Crippen molar-refractivity contribution in [1.29, 1.82) is 0 Å². The summed E-state index contributed by atoms with van der Waals surface area (Å²) in [5, 5.41) is 13.5. The van der Waals surface area contributed by atoms with E-state index in [4.69, 9.17) is 0 Å². The van der Waals surface area contributed by atoms with Crippen molar-refractivity contribution >= 4 is 5.91 Å². The third-order valence-electron chi connectivity index (χ3n) is 4.11. The molecule has 2 N–H and O–H groups in total. The van der Waals surface area contributed by atoms with Crippen LogP contribution in [0.25, 0.3) is 0 Å². The Bertz CT molecular complexity index is 427. The molecule has 0 saturated heterocycles. The fraction of sp³-hybridized carbons (Fsp3) is 0.562. The summed E-state index contributed by atoms with van der Waals surface area (Å²) in [7, 11) is 0. The summed E-state index contributed by atoms with van der Waals surface area (Å²) in [5.41, 5.74) is 1.58. The molecule has 2 rings (SSSR count). The Morgan fingerprint density at radius 3 is 2.26 bits per heavy atom. The molecule has 3 nitrogen and oxygen atoms in total. The van der Waals surface area contributed by atoms with Crippen molar-refractivity contribution in [2.75, 3.05) is 6.54 Å². The molecule has 0 bridgehead atoms. The standard InChI is InChI=1S/C16H23NO2/c1-3-12(4-2)15(18)17-11-16(19)9-13-7-5-6-8-14(13)10-16/h5-8,12,19H,3-4,9-11H2,1-2H3,(H,17,18). The average molecular weight is 261 g/mol. The van der Waals surface area contributed by atoms with Crippen molar-refractivity contribution in [3.05, 3.63) is 35.4 Å². The summed E-state index contributed by atoms with van der Waals surface area (Å²) < 4.78 is 0. The molecule has 1 aromatic rings. The molecule has 1 aliphatic rings. The van der Waals surface area contributed by atoms with E-state index in [9.17, 15) is 9.90 Å². The molecular formula is C16H23NO2. The molecule has 0 heterocycles. The lowest BCUT2D eigenvalue weighted by molar-refractivity contribution is -0.126. The van der Waals surface area contributed by atoms with Gasteiger partial charge in [-0.3, -0.25) is 4.79 Å². The summed E-state index contributed by atoms with van der Waals surface area (Å²) in [5.74, 6) is 0.127. The van der Waals surface area contributed by atoms with Crippen molar-refractivity contribution < 1.29 is 9.90 Å². The van der Waals surface area contributed by atoms with Gasteiger partial charge in [-0.05, 0) is 24.0 Å². The Kier molecular flexibility index (Phi) is 4.25. The van der Waals surface area contributed by atoms with E-state index in [-0.39, 0.29) is 11.8 Å². The van der Waals surface area contributed by atoms with Gasteiger partial charge in [-0.1, -0.05) is 38.1 Å². The molecule has 0 spiro atoms. The molecule has 0 unspecified atom stereocenters. The minimum atomic E-state index is -0.814. The zero-order valence-corrected chi connectivity index (χ0v) is 11.8. The quantitative estimate of drug-likeness (QED) is 0.852. The molecule has 0 radical (unpaired) electrons. The van der Waals surface area contributed by atoms with E-state index in [1.807, 2.05) is 26.0 Å². The second kappa shape index (κ2) is 5.74. The number of aliphatic hydroxyl groups is 1. The van der Waals surface area contributed by atoms with Gasteiger partial charge in [-0.25, -0.2) is 0 Å². The zero-order valence-electron chi connectivity index (χ0n) is 11.8. The number of carbonyl (C=O) groups is 1. The van der Waals surface area contributed by atoms with Gasteiger partial charge < -0.3 is 10.4 Å². The fourth-order valence-corrected chi connectivity index (χ4v) is 2.85. The summed E-state index contributed by atoms with van der Waals surface area (Å²) in [6, 6.07) is 8.09. The lowest BCUT2D eigenvalue weighted by atomic mass is 9.98. The van der Waals surface area contributed by atoms with Gasteiger partial charge in [0.1, 0.15) is 0 Å². The molecule has 1 aromatic carbocycles. The Labute approximate surface area is 115 Å². The number of nitrogens with one attached hydrogen (secondary N) is 1. The Morgan fingerprint density at radius 1 is 1.26 bits per heavy atom. The fourth-order valence-electron chi connectivity index (χ4n) is 2.85. The van der Waals surface area contributed by atoms with Crippen LogP contribution in [0.2, 0.25) is 0 Å². The Hall–Kier alpha value is -1.35. The summed E-state index contributed by atoms with van der Waals surface area (Å²) in [6.07, 6.45) is 2.96. The van der Waals surface area contributed by atoms with E-state index in [1.54, 1.807) is 0 Å². The van der Waals surface area contributed by atoms with Crippen LogP contribution in [0.15, 0.2) is 24.3 Å². The van der Waals surface area contributed by atoms with Crippen LogP contribution in [-0.4, -0.2) is 23.2 Å². The maximum Gasteiger partial charge on any atom is 0.223 e. The topological polar surface area (TPSA) is 49.3 Å². The van der Waals surface area contributed by atoms with E-state index in [0.717, 1.165) is 12.8 Å². The minimum Gasteiger partial charge on any atom is -0.387 e. The highest BCUT2D eigenvalue weighted by Gasteiger charge is 2.35. The van der Waals surface area contributed by atoms with Crippen LogP contribution in [0.4, 0.5) is 0 Å². The normalized spacial score (nSPS) is 16.4. The summed E-state index contributed by atoms with van der Waals surface area (Å²) in [6.45, 7) is 4.39. The van der Waals surface area contributed by atoms with Gasteiger partial charge in [0, 0.05) is 25.3 Å². The molecule has 0 saturated carbocycles. The van der Waals surface area contributed by atoms with Crippen LogP contribution in [-0.2, 0) is 17.6 Å². The Morgan fingerprint density at radius 2 is 1.79 bits per heavy atom. The maximum absolute atomic E-state index is 12.0. The Balaban J connectivity index is 1.93. The highest BCUT2D eigenvalue weighted by Crippen LogP contribution is 2.29. The number of rotatable bonds is 5. The molecule has 0 aromatic heterocycles. The van der Waals surface area contributed by atoms with E-state index in [2.05, 4.69) is 17.4 Å². The second-order valence-electron chi connectivity index (χ2n) is 5.58. The van der Waals surface area contributed by atoms with Crippen LogP contribution in [0, 0.1) is 5.92 Å². The second-order valence-corrected chi connectivity index (χ2v) is 5.58. The number of amides is 1. The first kappa shape index (κ1) is 14.1. The molecule has 0 aliphatic heterocycles. The smallest absolute Gasteiger partial charge is 0.223 e. The van der Waals surface area contributed by atoms with Crippen LogP contribution in [0.3, 0.4) is 0 Å². The third-order valence-corrected chi connectivity index (χ3v) is 4.11. The van der Waals surface area contributed by atoms with Crippen molar-refractivity contribution in [2.24, 2.45) is 5.92 Å². The predicted molar refractivity (Wildman–Crippen MR) is 75.9 cm³/mol. The van der Waals surface area contributed by atoms with Crippen LogP contribution < -0.4 is 5.32 Å². The molecular weight excluding hydrogens is 238 g/mol. The van der Waals surface area contributed by atoms with Gasteiger partial charge in [-0.15, -0.1) is 0 Å². The predicted octanol–water partition coefficient (Wildman–Crippen LogP) is 2.07. The maximum atomic E-state index is 12.0. The first-order valence-corrected chi connectivity index (χ1v) is 7.15. The molecule has 19 heavy (non-hydrogen) atoms. The molecule has 3 heteroatoms. The number of fused-ring (bicyclic) bond motifs is 1. The minimum absolute atomic E-state index is 0.0624.